The second-order valence-corrected chi connectivity index (χ2v) is 8.92. The molecule has 0 unspecified atom stereocenters. The van der Waals surface area contributed by atoms with Crippen LogP contribution < -0.4 is 4.21 Å². The van der Waals surface area contributed by atoms with E-state index in [1.54, 1.807) is 0 Å². The van der Waals surface area contributed by atoms with Crippen molar-refractivity contribution in [3.05, 3.63) is 23.7 Å². The zero-order chi connectivity index (χ0) is 9.90. The normalized spacial score (nSPS) is 13.3. The first-order valence-electron chi connectivity index (χ1n) is 4.78. The van der Waals surface area contributed by atoms with Crippen molar-refractivity contribution in [2.45, 2.75) is 32.7 Å². The fourth-order valence-electron chi connectivity index (χ4n) is 0.812. The lowest BCUT2D eigenvalue weighted by Crippen LogP contribution is -2.23. The molecule has 1 rings (SSSR count). The van der Waals surface area contributed by atoms with E-state index in [4.69, 9.17) is 4.21 Å². The van der Waals surface area contributed by atoms with Gasteiger partial charge in [-0.15, -0.1) is 0 Å². The molecule has 0 bridgehead atoms. The van der Waals surface area contributed by atoms with Crippen molar-refractivity contribution < 1.29 is 4.21 Å². The van der Waals surface area contributed by atoms with E-state index in [2.05, 4.69) is 51.4 Å². The van der Waals surface area contributed by atoms with Gasteiger partial charge in [-0.2, -0.15) is 0 Å². The third-order valence-electron chi connectivity index (χ3n) is 2.73. The molecular weight excluding hydrogens is 195 g/mol. The predicted molar refractivity (Wildman–Crippen MR) is 63.2 cm³/mol. The summed E-state index contributed by atoms with van der Waals surface area (Å²) in [6, 6.07) is 4.17. The Hall–Kier alpha value is -0.0431. The van der Waals surface area contributed by atoms with E-state index in [9.17, 15) is 0 Å². The number of rotatable bonds is 4. The topological polar surface area (TPSA) is 9.23 Å². The van der Waals surface area contributed by atoms with Crippen molar-refractivity contribution in [2.75, 3.05) is 0 Å². The monoisotopic (exact) mass is 214 g/mol. The molecule has 1 aromatic rings. The highest BCUT2D eigenvalue weighted by atomic mass is 31.1. The van der Waals surface area contributed by atoms with E-state index < -0.39 is 9.76 Å². The van der Waals surface area contributed by atoms with Crippen LogP contribution >= 0.6 is 7.76 Å². The summed E-state index contributed by atoms with van der Waals surface area (Å²) in [5.41, 5.74) is 0. The Balaban J connectivity index is 2.42. The quantitative estimate of drug-likeness (QED) is 0.700. The van der Waals surface area contributed by atoms with Crippen molar-refractivity contribution in [3.63, 3.8) is 0 Å². The van der Waals surface area contributed by atoms with Crippen molar-refractivity contribution in [1.29, 1.82) is 0 Å². The van der Waals surface area contributed by atoms with E-state index in [-0.39, 0.29) is 7.76 Å². The lowest BCUT2D eigenvalue weighted by Gasteiger charge is -2.27. The summed E-state index contributed by atoms with van der Waals surface area (Å²) in [6.07, 6.45) is 0. The van der Waals surface area contributed by atoms with Crippen molar-refractivity contribution in [2.24, 2.45) is 5.92 Å². The summed E-state index contributed by atoms with van der Waals surface area (Å²) in [4.78, 5) is 0. The second kappa shape index (κ2) is 4.45. The molecular formula is C10H19OPSi. The summed E-state index contributed by atoms with van der Waals surface area (Å²) in [5.74, 6) is 5.09. The fraction of sp³-hybridized carbons (Fsp3) is 0.600. The highest BCUT2D eigenvalue weighted by Gasteiger charge is 2.23. The first-order chi connectivity index (χ1) is 6.02. The molecule has 0 fully saturated rings. The highest BCUT2D eigenvalue weighted by Crippen LogP contribution is 2.35. The number of hydrogen-bond acceptors (Lipinski definition) is 1. The fourth-order valence-corrected chi connectivity index (χ4v) is 4.40. The Labute approximate surface area is 84.6 Å². The third kappa shape index (κ3) is 3.30. The molecule has 0 spiro atoms. The Morgan fingerprint density at radius 1 is 1.23 bits per heavy atom. The van der Waals surface area contributed by atoms with E-state index in [1.165, 1.54) is 0 Å². The Kier molecular flexibility index (Phi) is 3.78. The Bertz CT molecular complexity index is 241. The van der Waals surface area contributed by atoms with Crippen molar-refractivity contribution in [1.82, 2.24) is 0 Å². The van der Waals surface area contributed by atoms with Gasteiger partial charge in [0.05, 0.1) is 0 Å². The highest BCUT2D eigenvalue weighted by molar-refractivity contribution is 7.44. The van der Waals surface area contributed by atoms with Crippen LogP contribution in [0.3, 0.4) is 0 Å². The van der Waals surface area contributed by atoms with E-state index in [1.807, 2.05) is 0 Å². The van der Waals surface area contributed by atoms with Gasteiger partial charge in [0.15, 0.2) is 9.76 Å². The first-order valence-corrected chi connectivity index (χ1v) is 7.47. The van der Waals surface area contributed by atoms with Crippen LogP contribution in [0.25, 0.3) is 0 Å². The smallest absolute Gasteiger partial charge is 0.180 e. The van der Waals surface area contributed by atoms with Gasteiger partial charge in [-0.25, -0.2) is 0 Å². The molecule has 1 heterocycles. The average Bonchev–Trinajstić information content (AvgIpc) is 2.52. The molecule has 0 aliphatic rings. The zero-order valence-electron chi connectivity index (χ0n) is 8.95. The molecule has 0 aliphatic heterocycles. The maximum atomic E-state index is 5.96. The second-order valence-electron chi connectivity index (χ2n) is 4.46. The summed E-state index contributed by atoms with van der Waals surface area (Å²) >= 11 is 0. The summed E-state index contributed by atoms with van der Waals surface area (Å²) in [7, 11) is -0.745. The molecule has 3 heteroatoms. The molecule has 0 aliphatic carbocycles. The molecule has 74 valence electrons. The van der Waals surface area contributed by atoms with Crippen LogP contribution in [0, 0.1) is 5.92 Å². The van der Waals surface area contributed by atoms with Crippen LogP contribution in [0.2, 0.25) is 5.04 Å². The number of hydrogen-bond donors (Lipinski definition) is 0. The van der Waals surface area contributed by atoms with E-state index >= 15 is 0 Å². The van der Waals surface area contributed by atoms with Crippen molar-refractivity contribution >= 4 is 17.5 Å². The van der Waals surface area contributed by atoms with E-state index in [0.717, 1.165) is 5.92 Å². The maximum Gasteiger partial charge on any atom is 0.180 e. The van der Waals surface area contributed by atoms with Crippen LogP contribution in [-0.2, 0) is 0 Å². The first kappa shape index (κ1) is 11.0. The minimum absolute atomic E-state index is 0.334. The minimum atomic E-state index is -0.411. The van der Waals surface area contributed by atoms with Gasteiger partial charge in [-0.3, -0.25) is 0 Å². The van der Waals surface area contributed by atoms with Gasteiger partial charge in [0.25, 0.3) is 0 Å². The largest absolute Gasteiger partial charge is 0.379 e. The molecule has 1 aromatic heterocycles. The zero-order valence-corrected chi connectivity index (χ0v) is 11.3. The lowest BCUT2D eigenvalue weighted by atomic mass is 9.99. The minimum Gasteiger partial charge on any atom is -0.379 e. The molecule has 0 N–H and O–H groups in total. The SMILES string of the molecule is CC(C)C(C)(C)[SiH2]Op1cccc1. The molecule has 1 nitrogen and oxygen atoms in total. The Morgan fingerprint density at radius 2 is 1.77 bits per heavy atom. The molecule has 0 radical (unpaired) electrons. The van der Waals surface area contributed by atoms with Gasteiger partial charge >= 0.3 is 0 Å². The van der Waals surface area contributed by atoms with Crippen LogP contribution in [0.15, 0.2) is 23.7 Å². The standard InChI is InChI=1S/C10H19OPSi/c1-9(2)10(3,4)13-11-12-7-5-6-8-12/h5-9H,13H2,1-4H3. The molecule has 0 atom stereocenters. The van der Waals surface area contributed by atoms with Gasteiger partial charge < -0.3 is 4.21 Å². The van der Waals surface area contributed by atoms with Crippen LogP contribution in [0.1, 0.15) is 27.7 Å². The van der Waals surface area contributed by atoms with Gasteiger partial charge in [0.2, 0.25) is 0 Å². The molecule has 13 heavy (non-hydrogen) atoms. The molecule has 0 saturated heterocycles. The summed E-state index contributed by atoms with van der Waals surface area (Å²) in [6.45, 7) is 9.21. The summed E-state index contributed by atoms with van der Waals surface area (Å²) < 4.78 is 5.96. The van der Waals surface area contributed by atoms with Crippen LogP contribution in [-0.4, -0.2) is 9.76 Å². The molecule has 0 saturated carbocycles. The third-order valence-corrected chi connectivity index (χ3v) is 6.93. The van der Waals surface area contributed by atoms with Gasteiger partial charge in [0, 0.05) is 0 Å². The Morgan fingerprint density at radius 3 is 2.23 bits per heavy atom. The van der Waals surface area contributed by atoms with Gasteiger partial charge in [-0.05, 0) is 30.3 Å². The molecule has 0 amide bonds. The predicted octanol–water partition coefficient (Wildman–Crippen LogP) is 3.04. The van der Waals surface area contributed by atoms with Crippen LogP contribution in [0.4, 0.5) is 0 Å². The molecule has 0 aromatic carbocycles. The van der Waals surface area contributed by atoms with E-state index in [0.29, 0.717) is 5.04 Å². The van der Waals surface area contributed by atoms with Gasteiger partial charge in [0.1, 0.15) is 0 Å². The van der Waals surface area contributed by atoms with Crippen molar-refractivity contribution in [3.8, 4) is 0 Å². The van der Waals surface area contributed by atoms with Gasteiger partial charge in [-0.1, -0.05) is 39.8 Å². The maximum absolute atomic E-state index is 5.96. The summed E-state index contributed by atoms with van der Waals surface area (Å²) in [5, 5.41) is 0.423. The average molecular weight is 214 g/mol. The van der Waals surface area contributed by atoms with Crippen LogP contribution in [0.5, 0.6) is 0 Å². The lowest BCUT2D eigenvalue weighted by molar-refractivity contribution is 0.449.